The zero-order valence-electron chi connectivity index (χ0n) is 19.2. The number of carbonyl (C=O) groups is 2. The van der Waals surface area contributed by atoms with Crippen LogP contribution in [0.2, 0.25) is 0 Å². The summed E-state index contributed by atoms with van der Waals surface area (Å²) < 4.78 is 0. The number of nitrogens with one attached hydrogen (secondary N) is 1. The minimum atomic E-state index is -0.144. The maximum Gasteiger partial charge on any atom is 0.251 e. The van der Waals surface area contributed by atoms with Crippen molar-refractivity contribution in [1.29, 1.82) is 0 Å². The molecule has 0 aromatic heterocycles. The summed E-state index contributed by atoms with van der Waals surface area (Å²) in [6.45, 7) is 11.2. The lowest BCUT2D eigenvalue weighted by atomic mass is 9.76. The molecule has 0 heterocycles. The van der Waals surface area contributed by atoms with E-state index in [2.05, 4.69) is 32.7 Å². The van der Waals surface area contributed by atoms with Crippen LogP contribution in [0.15, 0.2) is 36.4 Å². The average molecular weight is 430 g/mol. The minimum absolute atomic E-state index is 0.0108. The van der Waals surface area contributed by atoms with Gasteiger partial charge in [0.15, 0.2) is 5.78 Å². The van der Waals surface area contributed by atoms with Crippen LogP contribution in [-0.2, 0) is 0 Å². The first-order chi connectivity index (χ1) is 14.4. The Bertz CT molecular complexity index is 712. The second-order valence-electron chi connectivity index (χ2n) is 8.84. The average Bonchev–Trinajstić information content (AvgIpc) is 2.76. The summed E-state index contributed by atoms with van der Waals surface area (Å²) in [4.78, 5) is 24.5. The van der Waals surface area contributed by atoms with Gasteiger partial charge in [-0.2, -0.15) is 11.8 Å². The summed E-state index contributed by atoms with van der Waals surface area (Å²) in [5, 5.41) is 3.21. The predicted molar refractivity (Wildman–Crippen MR) is 129 cm³/mol. The van der Waals surface area contributed by atoms with Crippen LogP contribution in [0.1, 0.15) is 86.4 Å². The molecule has 1 aromatic rings. The summed E-state index contributed by atoms with van der Waals surface area (Å²) in [6, 6.07) is 6.86. The summed E-state index contributed by atoms with van der Waals surface area (Å²) >= 11 is 1.94. The molecule has 0 radical (unpaired) electrons. The summed E-state index contributed by atoms with van der Waals surface area (Å²) in [5.74, 6) is 2.70. The number of hydrogen-bond donors (Lipinski definition) is 1. The van der Waals surface area contributed by atoms with Gasteiger partial charge in [0.2, 0.25) is 0 Å². The van der Waals surface area contributed by atoms with Crippen molar-refractivity contribution in [1.82, 2.24) is 5.32 Å². The molecule has 0 aliphatic heterocycles. The van der Waals surface area contributed by atoms with E-state index in [1.165, 1.54) is 44.9 Å². The first-order valence-corrected chi connectivity index (χ1v) is 12.6. The van der Waals surface area contributed by atoms with Crippen molar-refractivity contribution < 1.29 is 9.59 Å². The van der Waals surface area contributed by atoms with E-state index in [0.29, 0.717) is 33.6 Å². The number of hydrogen-bond acceptors (Lipinski definition) is 3. The molecule has 1 saturated carbocycles. The van der Waals surface area contributed by atoms with Gasteiger partial charge in [0.25, 0.3) is 5.91 Å². The Labute approximate surface area is 187 Å². The highest BCUT2D eigenvalue weighted by molar-refractivity contribution is 8.00. The molecule has 2 unspecified atom stereocenters. The van der Waals surface area contributed by atoms with E-state index in [4.69, 9.17) is 0 Å². The van der Waals surface area contributed by atoms with Crippen molar-refractivity contribution in [3.8, 4) is 0 Å². The van der Waals surface area contributed by atoms with Crippen LogP contribution in [0.5, 0.6) is 0 Å². The van der Waals surface area contributed by atoms with Crippen LogP contribution < -0.4 is 5.32 Å². The second kappa shape index (κ2) is 12.3. The predicted octanol–water partition coefficient (Wildman–Crippen LogP) is 6.54. The van der Waals surface area contributed by atoms with Gasteiger partial charge in [0, 0.05) is 34.8 Å². The van der Waals surface area contributed by atoms with Crippen molar-refractivity contribution in [3.63, 3.8) is 0 Å². The number of amides is 1. The maximum absolute atomic E-state index is 12.8. The smallest absolute Gasteiger partial charge is 0.251 e. The van der Waals surface area contributed by atoms with Gasteiger partial charge in [-0.05, 0) is 42.7 Å². The Hall–Kier alpha value is -1.55. The lowest BCUT2D eigenvalue weighted by Crippen LogP contribution is -2.29. The van der Waals surface area contributed by atoms with E-state index >= 15 is 0 Å². The molecule has 1 fully saturated rings. The third kappa shape index (κ3) is 6.73. The molecule has 0 bridgehead atoms. The molecule has 3 nitrogen and oxygen atoms in total. The van der Waals surface area contributed by atoms with Gasteiger partial charge in [-0.25, -0.2) is 0 Å². The highest BCUT2D eigenvalue weighted by atomic mass is 32.2. The molecule has 0 spiro atoms. The SMILES string of the molecule is C=C(CSC1CCCCCCC1[C@H](C)[C@H](C)CC)C(=O)c1ccc(C(=O)NC)cc1. The van der Waals surface area contributed by atoms with E-state index in [-0.39, 0.29) is 11.7 Å². The highest BCUT2D eigenvalue weighted by Gasteiger charge is 2.30. The second-order valence-corrected chi connectivity index (χ2v) is 10.1. The Kier molecular flexibility index (Phi) is 10.2. The monoisotopic (exact) mass is 429 g/mol. The Morgan fingerprint density at radius 3 is 2.27 bits per heavy atom. The van der Waals surface area contributed by atoms with Crippen LogP contribution in [-0.4, -0.2) is 29.7 Å². The normalized spacial score (nSPS) is 21.7. The largest absolute Gasteiger partial charge is 0.355 e. The van der Waals surface area contributed by atoms with Crippen molar-refractivity contribution in [2.75, 3.05) is 12.8 Å². The molecule has 30 heavy (non-hydrogen) atoms. The van der Waals surface area contributed by atoms with E-state index < -0.39 is 0 Å². The van der Waals surface area contributed by atoms with E-state index in [0.717, 1.165) is 11.8 Å². The van der Waals surface area contributed by atoms with Gasteiger partial charge < -0.3 is 5.32 Å². The van der Waals surface area contributed by atoms with E-state index in [1.54, 1.807) is 31.3 Å². The standard InChI is InChI=1S/C26H39NO2S/c1-6-18(2)20(4)23-11-9-7-8-10-12-24(23)30-17-19(3)25(28)21-13-15-22(16-14-21)26(29)27-5/h13-16,18,20,23-24H,3,6-12,17H2,1-2,4-5H3,(H,27,29)/t18-,20-,23?,24?/m1/s1. The fourth-order valence-corrected chi connectivity index (χ4v) is 5.99. The Balaban J connectivity index is 2.01. The molecule has 1 aromatic carbocycles. The van der Waals surface area contributed by atoms with Crippen LogP contribution in [0.4, 0.5) is 0 Å². The van der Waals surface area contributed by atoms with Crippen LogP contribution in [0, 0.1) is 17.8 Å². The zero-order valence-corrected chi connectivity index (χ0v) is 20.0. The Morgan fingerprint density at radius 1 is 1.07 bits per heavy atom. The molecule has 4 atom stereocenters. The van der Waals surface area contributed by atoms with Gasteiger partial charge in [-0.15, -0.1) is 0 Å². The molecule has 4 heteroatoms. The first-order valence-electron chi connectivity index (χ1n) is 11.5. The number of carbonyl (C=O) groups excluding carboxylic acids is 2. The third-order valence-corrected chi connectivity index (χ3v) is 8.43. The fraction of sp³-hybridized carbons (Fsp3) is 0.615. The fourth-order valence-electron chi connectivity index (χ4n) is 4.48. The molecular formula is C26H39NO2S. The number of thioether (sulfide) groups is 1. The maximum atomic E-state index is 12.8. The van der Waals surface area contributed by atoms with Crippen LogP contribution in [0.25, 0.3) is 0 Å². The van der Waals surface area contributed by atoms with E-state index in [1.807, 2.05) is 11.8 Å². The molecule has 0 saturated heterocycles. The molecule has 1 aliphatic rings. The van der Waals surface area contributed by atoms with Gasteiger partial charge in [-0.3, -0.25) is 9.59 Å². The molecule has 2 rings (SSSR count). The Morgan fingerprint density at radius 2 is 1.67 bits per heavy atom. The third-order valence-electron chi connectivity index (χ3n) is 6.90. The topological polar surface area (TPSA) is 46.2 Å². The highest BCUT2D eigenvalue weighted by Crippen LogP contribution is 2.39. The van der Waals surface area contributed by atoms with Gasteiger partial charge >= 0.3 is 0 Å². The summed E-state index contributed by atoms with van der Waals surface area (Å²) in [6.07, 6.45) is 9.11. The quantitative estimate of drug-likeness (QED) is 0.358. The zero-order chi connectivity index (χ0) is 22.1. The lowest BCUT2D eigenvalue weighted by Gasteiger charge is -2.36. The number of benzene rings is 1. The first kappa shape index (κ1) is 24.7. The van der Waals surface area contributed by atoms with Crippen molar-refractivity contribution in [2.45, 2.75) is 71.0 Å². The van der Waals surface area contributed by atoms with Crippen LogP contribution >= 0.6 is 11.8 Å². The van der Waals surface area contributed by atoms with Crippen LogP contribution in [0.3, 0.4) is 0 Å². The summed E-state index contributed by atoms with van der Waals surface area (Å²) in [5.41, 5.74) is 1.82. The summed E-state index contributed by atoms with van der Waals surface area (Å²) in [7, 11) is 1.60. The molecule has 1 N–H and O–H groups in total. The molecule has 166 valence electrons. The number of Topliss-reactive ketones (excluding diaryl/α,β-unsaturated/α-hetero) is 1. The van der Waals surface area contributed by atoms with Gasteiger partial charge in [-0.1, -0.05) is 71.6 Å². The van der Waals surface area contributed by atoms with Gasteiger partial charge in [0.05, 0.1) is 0 Å². The molecular weight excluding hydrogens is 390 g/mol. The van der Waals surface area contributed by atoms with E-state index in [9.17, 15) is 9.59 Å². The lowest BCUT2D eigenvalue weighted by molar-refractivity contribution is 0.0961. The number of ketones is 1. The van der Waals surface area contributed by atoms with Crippen molar-refractivity contribution in [2.24, 2.45) is 17.8 Å². The molecule has 1 amide bonds. The van der Waals surface area contributed by atoms with Crippen molar-refractivity contribution >= 4 is 23.5 Å². The van der Waals surface area contributed by atoms with Gasteiger partial charge in [0.1, 0.15) is 0 Å². The minimum Gasteiger partial charge on any atom is -0.355 e. The molecule has 1 aliphatic carbocycles. The van der Waals surface area contributed by atoms with Crippen molar-refractivity contribution in [3.05, 3.63) is 47.5 Å². The number of rotatable bonds is 9.